The van der Waals surface area contributed by atoms with E-state index in [2.05, 4.69) is 36.3 Å². The molecule has 0 saturated heterocycles. The van der Waals surface area contributed by atoms with Gasteiger partial charge in [0, 0.05) is 23.8 Å². The van der Waals surface area contributed by atoms with E-state index in [1.807, 2.05) is 6.92 Å². The van der Waals surface area contributed by atoms with Gasteiger partial charge in [-0.1, -0.05) is 20.8 Å². The van der Waals surface area contributed by atoms with Gasteiger partial charge in [-0.15, -0.1) is 0 Å². The van der Waals surface area contributed by atoms with Gasteiger partial charge in [-0.3, -0.25) is 9.89 Å². The Labute approximate surface area is 102 Å². The number of aromatic nitrogens is 2. The summed E-state index contributed by atoms with van der Waals surface area (Å²) in [6.07, 6.45) is 0.544. The lowest BCUT2D eigenvalue weighted by Gasteiger charge is -2.14. The summed E-state index contributed by atoms with van der Waals surface area (Å²) in [5, 5.41) is 18.4. The van der Waals surface area contributed by atoms with Gasteiger partial charge in [-0.2, -0.15) is 5.10 Å². The molecule has 0 saturated carbocycles. The first kappa shape index (κ1) is 13.7. The second-order valence-electron chi connectivity index (χ2n) is 5.30. The Bertz CT molecular complexity index is 379. The Hall–Kier alpha value is -1.36. The molecule has 5 heteroatoms. The zero-order valence-electron chi connectivity index (χ0n) is 10.9. The molecule has 1 heterocycles. The SMILES string of the molecule is CC(CCO)NC(=O)c1cc(C(C)(C)C)[nH]n1. The molecule has 0 fully saturated rings. The molecule has 1 aromatic heterocycles. The van der Waals surface area contributed by atoms with E-state index in [0.717, 1.165) is 5.69 Å². The monoisotopic (exact) mass is 239 g/mol. The van der Waals surface area contributed by atoms with Crippen molar-refractivity contribution in [1.82, 2.24) is 15.5 Å². The van der Waals surface area contributed by atoms with Crippen LogP contribution in [0, 0.1) is 0 Å². The Morgan fingerprint density at radius 1 is 1.59 bits per heavy atom. The summed E-state index contributed by atoms with van der Waals surface area (Å²) in [5.41, 5.74) is 1.26. The standard InChI is InChI=1S/C12H21N3O2/c1-8(5-6-16)13-11(17)9-7-10(15-14-9)12(2,3)4/h7-8,16H,5-6H2,1-4H3,(H,13,17)(H,14,15). The predicted octanol–water partition coefficient (Wildman–Crippen LogP) is 1.21. The van der Waals surface area contributed by atoms with E-state index in [1.165, 1.54) is 0 Å². The van der Waals surface area contributed by atoms with Crippen LogP contribution in [0.5, 0.6) is 0 Å². The number of amides is 1. The van der Waals surface area contributed by atoms with E-state index in [-0.39, 0.29) is 24.0 Å². The van der Waals surface area contributed by atoms with E-state index >= 15 is 0 Å². The summed E-state index contributed by atoms with van der Waals surface area (Å²) in [4.78, 5) is 11.8. The fourth-order valence-electron chi connectivity index (χ4n) is 1.39. The van der Waals surface area contributed by atoms with Crippen LogP contribution in [0.1, 0.15) is 50.3 Å². The van der Waals surface area contributed by atoms with Crippen LogP contribution in [0.3, 0.4) is 0 Å². The maximum atomic E-state index is 11.8. The van der Waals surface area contributed by atoms with Crippen LogP contribution < -0.4 is 5.32 Å². The average molecular weight is 239 g/mol. The molecule has 0 radical (unpaired) electrons. The van der Waals surface area contributed by atoms with Crippen molar-refractivity contribution in [3.8, 4) is 0 Å². The highest BCUT2D eigenvalue weighted by Crippen LogP contribution is 2.20. The third kappa shape index (κ3) is 3.85. The molecule has 3 N–H and O–H groups in total. The van der Waals surface area contributed by atoms with Gasteiger partial charge in [-0.05, 0) is 19.4 Å². The molecular weight excluding hydrogens is 218 g/mol. The first-order valence-corrected chi connectivity index (χ1v) is 5.82. The lowest BCUT2D eigenvalue weighted by Crippen LogP contribution is -2.33. The highest BCUT2D eigenvalue weighted by atomic mass is 16.3. The van der Waals surface area contributed by atoms with Crippen LogP contribution in [-0.2, 0) is 5.41 Å². The largest absolute Gasteiger partial charge is 0.396 e. The van der Waals surface area contributed by atoms with E-state index in [0.29, 0.717) is 12.1 Å². The minimum atomic E-state index is -0.210. The van der Waals surface area contributed by atoms with Crippen LogP contribution in [-0.4, -0.2) is 33.9 Å². The molecule has 17 heavy (non-hydrogen) atoms. The molecular formula is C12H21N3O2. The van der Waals surface area contributed by atoms with Crippen molar-refractivity contribution in [3.63, 3.8) is 0 Å². The zero-order chi connectivity index (χ0) is 13.1. The van der Waals surface area contributed by atoms with E-state index < -0.39 is 0 Å². The van der Waals surface area contributed by atoms with Crippen molar-refractivity contribution in [1.29, 1.82) is 0 Å². The quantitative estimate of drug-likeness (QED) is 0.739. The normalized spacial score (nSPS) is 13.5. The number of nitrogens with one attached hydrogen (secondary N) is 2. The predicted molar refractivity (Wildman–Crippen MR) is 65.9 cm³/mol. The molecule has 1 aromatic rings. The molecule has 0 aliphatic rings. The van der Waals surface area contributed by atoms with Gasteiger partial charge in [-0.25, -0.2) is 0 Å². The third-order valence-electron chi connectivity index (χ3n) is 2.56. The van der Waals surface area contributed by atoms with Gasteiger partial charge < -0.3 is 10.4 Å². The molecule has 5 nitrogen and oxygen atoms in total. The molecule has 0 bridgehead atoms. The number of aliphatic hydroxyl groups excluding tert-OH is 1. The lowest BCUT2D eigenvalue weighted by atomic mass is 9.92. The summed E-state index contributed by atoms with van der Waals surface area (Å²) in [5.74, 6) is -0.210. The highest BCUT2D eigenvalue weighted by molar-refractivity contribution is 5.92. The van der Waals surface area contributed by atoms with Crippen molar-refractivity contribution in [2.24, 2.45) is 0 Å². The summed E-state index contributed by atoms with van der Waals surface area (Å²) in [7, 11) is 0. The fraction of sp³-hybridized carbons (Fsp3) is 0.667. The number of rotatable bonds is 4. The minimum absolute atomic E-state index is 0.0533. The van der Waals surface area contributed by atoms with Crippen molar-refractivity contribution in [2.75, 3.05) is 6.61 Å². The number of aliphatic hydroxyl groups is 1. The van der Waals surface area contributed by atoms with Crippen molar-refractivity contribution >= 4 is 5.91 Å². The number of carbonyl (C=O) groups is 1. The Morgan fingerprint density at radius 2 is 2.24 bits per heavy atom. The molecule has 0 spiro atoms. The number of nitrogens with zero attached hydrogens (tertiary/aromatic N) is 1. The van der Waals surface area contributed by atoms with Gasteiger partial charge in [0.1, 0.15) is 5.69 Å². The number of carbonyl (C=O) groups excluding carboxylic acids is 1. The van der Waals surface area contributed by atoms with Crippen LogP contribution in [0.2, 0.25) is 0 Å². The van der Waals surface area contributed by atoms with Gasteiger partial charge in [0.05, 0.1) is 0 Å². The first-order valence-electron chi connectivity index (χ1n) is 5.82. The molecule has 1 amide bonds. The van der Waals surface area contributed by atoms with Crippen LogP contribution >= 0.6 is 0 Å². The fourth-order valence-corrected chi connectivity index (χ4v) is 1.39. The Kier molecular flexibility index (Phi) is 4.28. The number of hydrogen-bond acceptors (Lipinski definition) is 3. The molecule has 0 aliphatic heterocycles. The molecule has 0 aliphatic carbocycles. The maximum absolute atomic E-state index is 11.8. The molecule has 1 unspecified atom stereocenters. The van der Waals surface area contributed by atoms with Crippen molar-refractivity contribution in [3.05, 3.63) is 17.5 Å². The number of H-pyrrole nitrogens is 1. The van der Waals surface area contributed by atoms with E-state index in [1.54, 1.807) is 6.07 Å². The van der Waals surface area contributed by atoms with Crippen molar-refractivity contribution < 1.29 is 9.90 Å². The third-order valence-corrected chi connectivity index (χ3v) is 2.56. The van der Waals surface area contributed by atoms with Gasteiger partial charge in [0.25, 0.3) is 5.91 Å². The molecule has 0 aromatic carbocycles. The van der Waals surface area contributed by atoms with Crippen molar-refractivity contribution in [2.45, 2.75) is 45.6 Å². The average Bonchev–Trinajstić information content (AvgIpc) is 2.65. The second kappa shape index (κ2) is 5.31. The van der Waals surface area contributed by atoms with Gasteiger partial charge in [0.2, 0.25) is 0 Å². The Balaban J connectivity index is 2.67. The topological polar surface area (TPSA) is 78.0 Å². The lowest BCUT2D eigenvalue weighted by molar-refractivity contribution is 0.0929. The second-order valence-corrected chi connectivity index (χ2v) is 5.30. The number of hydrogen-bond donors (Lipinski definition) is 3. The summed E-state index contributed by atoms with van der Waals surface area (Å²) >= 11 is 0. The summed E-state index contributed by atoms with van der Waals surface area (Å²) in [6.45, 7) is 8.07. The molecule has 1 atom stereocenters. The van der Waals surface area contributed by atoms with Crippen LogP contribution in [0.4, 0.5) is 0 Å². The highest BCUT2D eigenvalue weighted by Gasteiger charge is 2.19. The van der Waals surface area contributed by atoms with Crippen LogP contribution in [0.25, 0.3) is 0 Å². The van der Waals surface area contributed by atoms with E-state index in [4.69, 9.17) is 5.11 Å². The maximum Gasteiger partial charge on any atom is 0.271 e. The molecule has 96 valence electrons. The zero-order valence-corrected chi connectivity index (χ0v) is 10.9. The van der Waals surface area contributed by atoms with Gasteiger partial charge in [0.15, 0.2) is 0 Å². The van der Waals surface area contributed by atoms with E-state index in [9.17, 15) is 4.79 Å². The van der Waals surface area contributed by atoms with Crippen LogP contribution in [0.15, 0.2) is 6.07 Å². The Morgan fingerprint density at radius 3 is 2.71 bits per heavy atom. The molecule has 1 rings (SSSR count). The first-order chi connectivity index (χ1) is 7.84. The van der Waals surface area contributed by atoms with Gasteiger partial charge >= 0.3 is 0 Å². The minimum Gasteiger partial charge on any atom is -0.396 e. The summed E-state index contributed by atoms with van der Waals surface area (Å²) < 4.78 is 0. The number of aromatic amines is 1. The summed E-state index contributed by atoms with van der Waals surface area (Å²) in [6, 6.07) is 1.71. The smallest absolute Gasteiger partial charge is 0.271 e.